The van der Waals surface area contributed by atoms with E-state index in [1.54, 1.807) is 27.7 Å². The molecule has 4 nitrogen and oxygen atoms in total. The highest BCUT2D eigenvalue weighted by atomic mass is 16.6. The van der Waals surface area contributed by atoms with E-state index in [9.17, 15) is 9.59 Å². The monoisotopic (exact) mass is 200 g/mol. The molecule has 0 aromatic rings. The van der Waals surface area contributed by atoms with Gasteiger partial charge in [-0.3, -0.25) is 0 Å². The smallest absolute Gasteiger partial charge is 0.345 e. The molecule has 0 unspecified atom stereocenters. The van der Waals surface area contributed by atoms with Crippen molar-refractivity contribution in [3.8, 4) is 0 Å². The van der Waals surface area contributed by atoms with Crippen molar-refractivity contribution < 1.29 is 19.1 Å². The zero-order valence-corrected chi connectivity index (χ0v) is 8.99. The number of ether oxygens (including phenoxy) is 2. The summed E-state index contributed by atoms with van der Waals surface area (Å²) in [6.07, 6.45) is -0.544. The van der Waals surface area contributed by atoms with Crippen LogP contribution in [0.25, 0.3) is 0 Å². The summed E-state index contributed by atoms with van der Waals surface area (Å²) < 4.78 is 9.55. The van der Waals surface area contributed by atoms with E-state index < -0.39 is 11.9 Å². The summed E-state index contributed by atoms with van der Waals surface area (Å²) in [7, 11) is 0. The van der Waals surface area contributed by atoms with E-state index in [1.165, 1.54) is 0 Å². The fraction of sp³-hybridized carbons (Fsp3) is 0.600. The Bertz CT molecular complexity index is 217. The van der Waals surface area contributed by atoms with Gasteiger partial charge in [-0.25, -0.2) is 9.59 Å². The first-order valence-electron chi connectivity index (χ1n) is 4.45. The number of esters is 2. The van der Waals surface area contributed by atoms with Crippen molar-refractivity contribution >= 4 is 11.9 Å². The summed E-state index contributed by atoms with van der Waals surface area (Å²) in [6, 6.07) is 0. The van der Waals surface area contributed by atoms with Gasteiger partial charge in [0.15, 0.2) is 0 Å². The largest absolute Gasteiger partial charge is 0.459 e. The van der Waals surface area contributed by atoms with Crippen LogP contribution < -0.4 is 0 Å². The van der Waals surface area contributed by atoms with Gasteiger partial charge in [-0.05, 0) is 27.7 Å². The molecule has 0 aromatic heterocycles. The first-order valence-corrected chi connectivity index (χ1v) is 4.45. The Kier molecular flexibility index (Phi) is 4.91. The van der Waals surface area contributed by atoms with Gasteiger partial charge in [0.25, 0.3) is 0 Å². The molecule has 0 rings (SSSR count). The van der Waals surface area contributed by atoms with Crippen LogP contribution in [0.2, 0.25) is 0 Å². The highest BCUT2D eigenvalue weighted by Crippen LogP contribution is 2.03. The second-order valence-corrected chi connectivity index (χ2v) is 3.39. The minimum Gasteiger partial charge on any atom is -0.459 e. The highest BCUT2D eigenvalue weighted by molar-refractivity contribution is 6.13. The van der Waals surface area contributed by atoms with E-state index >= 15 is 0 Å². The van der Waals surface area contributed by atoms with Gasteiger partial charge in [-0.15, -0.1) is 0 Å². The zero-order valence-electron chi connectivity index (χ0n) is 8.99. The molecular formula is C10H16O4. The van der Waals surface area contributed by atoms with E-state index in [4.69, 9.17) is 9.47 Å². The second kappa shape index (κ2) is 5.42. The molecule has 80 valence electrons. The third-order valence-corrected chi connectivity index (χ3v) is 1.18. The summed E-state index contributed by atoms with van der Waals surface area (Å²) in [4.78, 5) is 22.3. The molecule has 0 N–H and O–H groups in total. The molecule has 0 aliphatic heterocycles. The standard InChI is InChI=1S/C10H16O4/c1-6(2)13-9(11)8(5)10(12)14-7(3)4/h6-7H,5H2,1-4H3. The van der Waals surface area contributed by atoms with Gasteiger partial charge in [0.1, 0.15) is 5.57 Å². The van der Waals surface area contributed by atoms with Gasteiger partial charge < -0.3 is 9.47 Å². The van der Waals surface area contributed by atoms with Crippen molar-refractivity contribution in [3.05, 3.63) is 12.2 Å². The second-order valence-electron chi connectivity index (χ2n) is 3.39. The fourth-order valence-corrected chi connectivity index (χ4v) is 0.654. The number of rotatable bonds is 4. The first-order chi connectivity index (χ1) is 6.34. The summed E-state index contributed by atoms with van der Waals surface area (Å²) in [5.74, 6) is -1.46. The predicted octanol–water partition coefficient (Wildman–Crippen LogP) is 1.45. The molecule has 0 fully saturated rings. The fourth-order valence-electron chi connectivity index (χ4n) is 0.654. The van der Waals surface area contributed by atoms with Gasteiger partial charge in [-0.2, -0.15) is 0 Å². The van der Waals surface area contributed by atoms with Crippen molar-refractivity contribution in [3.63, 3.8) is 0 Å². The summed E-state index contributed by atoms with van der Waals surface area (Å²) in [5.41, 5.74) is -0.271. The Hall–Kier alpha value is -1.32. The minimum atomic E-state index is -0.731. The number of carbonyl (C=O) groups excluding carboxylic acids is 2. The Morgan fingerprint density at radius 2 is 1.21 bits per heavy atom. The van der Waals surface area contributed by atoms with Crippen LogP contribution in [0.15, 0.2) is 12.2 Å². The maximum atomic E-state index is 11.2. The maximum Gasteiger partial charge on any atom is 0.345 e. The first kappa shape index (κ1) is 12.7. The van der Waals surface area contributed by atoms with Crippen LogP contribution in [0.3, 0.4) is 0 Å². The number of hydrogen-bond acceptors (Lipinski definition) is 4. The third kappa shape index (κ3) is 4.64. The van der Waals surface area contributed by atoms with Gasteiger partial charge in [0.05, 0.1) is 12.2 Å². The van der Waals surface area contributed by atoms with Gasteiger partial charge >= 0.3 is 11.9 Å². The predicted molar refractivity (Wildman–Crippen MR) is 51.6 cm³/mol. The molecule has 0 aliphatic carbocycles. The lowest BCUT2D eigenvalue weighted by atomic mass is 10.3. The molecule has 0 radical (unpaired) electrons. The number of carbonyl (C=O) groups is 2. The molecule has 0 atom stereocenters. The summed E-state index contributed by atoms with van der Waals surface area (Å²) in [5, 5.41) is 0. The van der Waals surface area contributed by atoms with Crippen LogP contribution >= 0.6 is 0 Å². The van der Waals surface area contributed by atoms with Crippen molar-refractivity contribution in [2.45, 2.75) is 39.9 Å². The van der Waals surface area contributed by atoms with Crippen molar-refractivity contribution in [1.29, 1.82) is 0 Å². The van der Waals surface area contributed by atoms with Crippen LogP contribution in [0.1, 0.15) is 27.7 Å². The topological polar surface area (TPSA) is 52.6 Å². The molecule has 0 saturated heterocycles. The van der Waals surface area contributed by atoms with Crippen LogP contribution in [0.4, 0.5) is 0 Å². The average molecular weight is 200 g/mol. The third-order valence-electron chi connectivity index (χ3n) is 1.18. The Morgan fingerprint density at radius 3 is 1.43 bits per heavy atom. The van der Waals surface area contributed by atoms with Crippen LogP contribution in [-0.2, 0) is 19.1 Å². The maximum absolute atomic E-state index is 11.2. The van der Waals surface area contributed by atoms with E-state index in [0.717, 1.165) is 0 Å². The average Bonchev–Trinajstić information content (AvgIpc) is 2.00. The molecule has 0 amide bonds. The van der Waals surface area contributed by atoms with Crippen molar-refractivity contribution in [2.75, 3.05) is 0 Å². The highest BCUT2D eigenvalue weighted by Gasteiger charge is 2.20. The normalized spacial score (nSPS) is 10.1. The molecular weight excluding hydrogens is 184 g/mol. The van der Waals surface area contributed by atoms with Crippen LogP contribution in [-0.4, -0.2) is 24.1 Å². The van der Waals surface area contributed by atoms with Crippen molar-refractivity contribution in [1.82, 2.24) is 0 Å². The van der Waals surface area contributed by atoms with Gasteiger partial charge in [0, 0.05) is 0 Å². The summed E-state index contributed by atoms with van der Waals surface area (Å²) in [6.45, 7) is 10.1. The Morgan fingerprint density at radius 1 is 0.929 bits per heavy atom. The molecule has 0 spiro atoms. The lowest BCUT2D eigenvalue weighted by molar-refractivity contribution is -0.150. The molecule has 14 heavy (non-hydrogen) atoms. The quantitative estimate of drug-likeness (QED) is 0.298. The van der Waals surface area contributed by atoms with Crippen LogP contribution in [0, 0.1) is 0 Å². The van der Waals surface area contributed by atoms with Crippen molar-refractivity contribution in [2.24, 2.45) is 0 Å². The van der Waals surface area contributed by atoms with E-state index in [0.29, 0.717) is 0 Å². The molecule has 0 aromatic carbocycles. The molecule has 0 aliphatic rings. The Balaban J connectivity index is 4.19. The number of hydrogen-bond donors (Lipinski definition) is 0. The van der Waals surface area contributed by atoms with E-state index in [2.05, 4.69) is 6.58 Å². The lowest BCUT2D eigenvalue weighted by Crippen LogP contribution is -2.22. The molecule has 0 saturated carbocycles. The Labute approximate surface area is 83.9 Å². The molecule has 4 heteroatoms. The summed E-state index contributed by atoms with van der Waals surface area (Å²) >= 11 is 0. The van der Waals surface area contributed by atoms with Crippen LogP contribution in [0.5, 0.6) is 0 Å². The van der Waals surface area contributed by atoms with Gasteiger partial charge in [-0.1, -0.05) is 6.58 Å². The van der Waals surface area contributed by atoms with E-state index in [1.807, 2.05) is 0 Å². The lowest BCUT2D eigenvalue weighted by Gasteiger charge is -2.11. The zero-order chi connectivity index (χ0) is 11.3. The molecule has 0 heterocycles. The van der Waals surface area contributed by atoms with Gasteiger partial charge in [0.2, 0.25) is 0 Å². The van der Waals surface area contributed by atoms with E-state index in [-0.39, 0.29) is 17.8 Å². The minimum absolute atomic E-state index is 0.271. The SMILES string of the molecule is C=C(C(=O)OC(C)C)C(=O)OC(C)C. The molecule has 0 bridgehead atoms.